The van der Waals surface area contributed by atoms with E-state index in [1.54, 1.807) is 18.3 Å². The van der Waals surface area contributed by atoms with E-state index < -0.39 is 26.6 Å². The highest BCUT2D eigenvalue weighted by atomic mass is 32.2. The van der Waals surface area contributed by atoms with Gasteiger partial charge in [-0.25, -0.2) is 22.3 Å². The van der Waals surface area contributed by atoms with Crippen LogP contribution in [0.1, 0.15) is 11.1 Å². The largest absolute Gasteiger partial charge is 0.256 e. The maximum atomic E-state index is 14.2. The van der Waals surface area contributed by atoms with Gasteiger partial charge < -0.3 is 0 Å². The van der Waals surface area contributed by atoms with E-state index in [9.17, 15) is 17.2 Å². The molecule has 0 saturated heterocycles. The predicted molar refractivity (Wildman–Crippen MR) is 95.9 cm³/mol. The molecule has 3 aromatic rings. The first-order valence-electron chi connectivity index (χ1n) is 7.73. The van der Waals surface area contributed by atoms with Gasteiger partial charge in [0, 0.05) is 17.3 Å². The second-order valence-electron chi connectivity index (χ2n) is 6.01. The average molecular weight is 374 g/mol. The Labute approximate surface area is 150 Å². The lowest BCUT2D eigenvalue weighted by molar-refractivity contribution is 0.520. The molecule has 2 N–H and O–H groups in total. The molecule has 3 rings (SSSR count). The highest BCUT2D eigenvalue weighted by molar-refractivity contribution is 7.89. The molecule has 0 radical (unpaired) electrons. The molecule has 4 nitrogen and oxygen atoms in total. The summed E-state index contributed by atoms with van der Waals surface area (Å²) in [5.74, 6) is -2.48. The van der Waals surface area contributed by atoms with Crippen LogP contribution in [0.2, 0.25) is 0 Å². The minimum atomic E-state index is -4.50. The third-order valence-corrected chi connectivity index (χ3v) is 5.14. The Hall–Kier alpha value is -2.64. The molecule has 0 bridgehead atoms. The molecule has 134 valence electrons. The summed E-state index contributed by atoms with van der Waals surface area (Å²) in [6.07, 6.45) is 1.58. The van der Waals surface area contributed by atoms with Gasteiger partial charge in [-0.1, -0.05) is 18.2 Å². The van der Waals surface area contributed by atoms with E-state index in [-0.39, 0.29) is 5.56 Å². The van der Waals surface area contributed by atoms with Gasteiger partial charge in [-0.05, 0) is 54.8 Å². The number of sulfonamides is 1. The minimum absolute atomic E-state index is 0.175. The fraction of sp³-hybridized carbons (Fsp3) is 0.105. The molecule has 0 spiro atoms. The van der Waals surface area contributed by atoms with Crippen molar-refractivity contribution in [2.75, 3.05) is 0 Å². The van der Waals surface area contributed by atoms with Crippen LogP contribution in [0.3, 0.4) is 0 Å². The fourth-order valence-electron chi connectivity index (χ4n) is 2.74. The van der Waals surface area contributed by atoms with Gasteiger partial charge in [0.1, 0.15) is 11.6 Å². The standard InChI is InChI=1S/C19H16F2N2O2S/c1-11-5-6-13(8-12(11)2)18-15(4-3-7-23-18)14-9-16(20)19(17(21)10-14)26(22,24)25/h3-10H,1-2H3,(H2,22,24,25). The molecule has 26 heavy (non-hydrogen) atoms. The van der Waals surface area contributed by atoms with Crippen molar-refractivity contribution in [2.45, 2.75) is 18.7 Å². The van der Waals surface area contributed by atoms with E-state index >= 15 is 0 Å². The van der Waals surface area contributed by atoms with Crippen molar-refractivity contribution in [3.05, 3.63) is 71.4 Å². The van der Waals surface area contributed by atoms with Crippen molar-refractivity contribution >= 4 is 10.0 Å². The molecule has 0 atom stereocenters. The number of aryl methyl sites for hydroxylation is 2. The van der Waals surface area contributed by atoms with Gasteiger partial charge in [-0.15, -0.1) is 0 Å². The van der Waals surface area contributed by atoms with Gasteiger partial charge >= 0.3 is 0 Å². The molecule has 0 aliphatic carbocycles. The summed E-state index contributed by atoms with van der Waals surface area (Å²) in [6.45, 7) is 3.94. The molecule has 0 aliphatic heterocycles. The zero-order valence-electron chi connectivity index (χ0n) is 14.1. The number of nitrogens with zero attached hydrogens (tertiary/aromatic N) is 1. The van der Waals surface area contributed by atoms with Crippen LogP contribution in [0.15, 0.2) is 53.6 Å². The van der Waals surface area contributed by atoms with Crippen LogP contribution in [0.4, 0.5) is 8.78 Å². The summed E-state index contributed by atoms with van der Waals surface area (Å²) in [5.41, 5.74) is 4.16. The van der Waals surface area contributed by atoms with Crippen LogP contribution in [0.25, 0.3) is 22.4 Å². The molecule has 0 amide bonds. The number of hydrogen-bond acceptors (Lipinski definition) is 3. The highest BCUT2D eigenvalue weighted by Crippen LogP contribution is 2.33. The number of primary sulfonamides is 1. The predicted octanol–water partition coefficient (Wildman–Crippen LogP) is 3.96. The van der Waals surface area contributed by atoms with Crippen LogP contribution >= 0.6 is 0 Å². The van der Waals surface area contributed by atoms with Gasteiger partial charge in [0.15, 0.2) is 4.90 Å². The molecule has 0 fully saturated rings. The second-order valence-corrected chi connectivity index (χ2v) is 7.51. The molecular weight excluding hydrogens is 358 g/mol. The lowest BCUT2D eigenvalue weighted by Crippen LogP contribution is -2.16. The number of halogens is 2. The van der Waals surface area contributed by atoms with Gasteiger partial charge in [0.05, 0.1) is 5.69 Å². The first-order chi connectivity index (χ1) is 12.2. The first-order valence-corrected chi connectivity index (χ1v) is 9.28. The Kier molecular flexibility index (Phi) is 4.60. The SMILES string of the molecule is Cc1ccc(-c2ncccc2-c2cc(F)c(S(N)(=O)=O)c(F)c2)cc1C. The van der Waals surface area contributed by atoms with E-state index in [2.05, 4.69) is 4.98 Å². The molecule has 2 aromatic carbocycles. The van der Waals surface area contributed by atoms with Crippen LogP contribution < -0.4 is 5.14 Å². The Balaban J connectivity index is 2.22. The number of benzene rings is 2. The fourth-order valence-corrected chi connectivity index (χ4v) is 3.41. The Morgan fingerprint density at radius 1 is 0.923 bits per heavy atom. The number of rotatable bonds is 3. The molecule has 0 saturated carbocycles. The summed E-state index contributed by atoms with van der Waals surface area (Å²) in [6, 6.07) is 11.0. The van der Waals surface area contributed by atoms with Crippen molar-refractivity contribution in [1.29, 1.82) is 0 Å². The third kappa shape index (κ3) is 3.36. The van der Waals surface area contributed by atoms with Crippen LogP contribution in [0, 0.1) is 25.5 Å². The monoisotopic (exact) mass is 374 g/mol. The maximum absolute atomic E-state index is 14.2. The lowest BCUT2D eigenvalue weighted by atomic mass is 9.97. The van der Waals surface area contributed by atoms with Gasteiger partial charge in [0.2, 0.25) is 10.0 Å². The highest BCUT2D eigenvalue weighted by Gasteiger charge is 2.22. The second kappa shape index (κ2) is 6.59. The van der Waals surface area contributed by atoms with Crippen molar-refractivity contribution in [3.63, 3.8) is 0 Å². The number of aromatic nitrogens is 1. The Morgan fingerprint density at radius 3 is 2.15 bits per heavy atom. The van der Waals surface area contributed by atoms with Gasteiger partial charge in [-0.3, -0.25) is 4.98 Å². The van der Waals surface area contributed by atoms with Gasteiger partial charge in [0.25, 0.3) is 0 Å². The van der Waals surface area contributed by atoms with Crippen LogP contribution in [0.5, 0.6) is 0 Å². The quantitative estimate of drug-likeness (QED) is 0.754. The molecule has 1 aromatic heterocycles. The summed E-state index contributed by atoms with van der Waals surface area (Å²) in [4.78, 5) is 3.20. The van der Waals surface area contributed by atoms with Gasteiger partial charge in [-0.2, -0.15) is 0 Å². The topological polar surface area (TPSA) is 73.0 Å². The average Bonchev–Trinajstić information content (AvgIpc) is 2.55. The zero-order chi connectivity index (χ0) is 19.1. The lowest BCUT2D eigenvalue weighted by Gasteiger charge is -2.12. The molecule has 1 heterocycles. The maximum Gasteiger partial charge on any atom is 0.243 e. The normalized spacial score (nSPS) is 11.6. The van der Waals surface area contributed by atoms with Crippen LogP contribution in [-0.4, -0.2) is 13.4 Å². The molecule has 0 unspecified atom stereocenters. The van der Waals surface area contributed by atoms with E-state index in [1.165, 1.54) is 0 Å². The van der Waals surface area contributed by atoms with E-state index in [0.717, 1.165) is 28.8 Å². The Bertz CT molecular complexity index is 1090. The van der Waals surface area contributed by atoms with Crippen molar-refractivity contribution in [2.24, 2.45) is 5.14 Å². The number of hydrogen-bond donors (Lipinski definition) is 1. The molecular formula is C19H16F2N2O2S. The smallest absolute Gasteiger partial charge is 0.243 e. The summed E-state index contributed by atoms with van der Waals surface area (Å²) in [7, 11) is -4.50. The number of nitrogens with two attached hydrogens (primary N) is 1. The van der Waals surface area contributed by atoms with E-state index in [0.29, 0.717) is 11.3 Å². The third-order valence-electron chi connectivity index (χ3n) is 4.18. The molecule has 0 aliphatic rings. The van der Waals surface area contributed by atoms with Crippen molar-refractivity contribution < 1.29 is 17.2 Å². The minimum Gasteiger partial charge on any atom is -0.256 e. The number of pyridine rings is 1. The van der Waals surface area contributed by atoms with Crippen molar-refractivity contribution in [3.8, 4) is 22.4 Å². The summed E-state index contributed by atoms with van der Waals surface area (Å²) in [5, 5.41) is 4.88. The zero-order valence-corrected chi connectivity index (χ0v) is 14.9. The Morgan fingerprint density at radius 2 is 1.58 bits per heavy atom. The van der Waals surface area contributed by atoms with Crippen LogP contribution in [-0.2, 0) is 10.0 Å². The van der Waals surface area contributed by atoms with E-state index in [4.69, 9.17) is 5.14 Å². The van der Waals surface area contributed by atoms with E-state index in [1.807, 2.05) is 32.0 Å². The summed E-state index contributed by atoms with van der Waals surface area (Å²) >= 11 is 0. The van der Waals surface area contributed by atoms with Crippen molar-refractivity contribution in [1.82, 2.24) is 4.98 Å². The first kappa shape index (κ1) is 18.2. The molecule has 7 heteroatoms. The summed E-state index contributed by atoms with van der Waals surface area (Å²) < 4.78 is 51.2.